The minimum Gasteiger partial charge on any atom is -0.352 e. The van der Waals surface area contributed by atoms with Crippen molar-refractivity contribution in [3.8, 4) is 0 Å². The third-order valence-electron chi connectivity index (χ3n) is 9.01. The number of hydrogen-bond donors (Lipinski definition) is 0. The van der Waals surface area contributed by atoms with Gasteiger partial charge in [0.1, 0.15) is 0 Å². The normalized spacial score (nSPS) is 27.8. The lowest BCUT2D eigenvalue weighted by Gasteiger charge is -2.36. The van der Waals surface area contributed by atoms with Crippen molar-refractivity contribution in [1.29, 1.82) is 0 Å². The van der Waals surface area contributed by atoms with Crippen molar-refractivity contribution in [2.45, 2.75) is 82.7 Å². The average Bonchev–Trinajstić information content (AvgIpc) is 3.03. The molecule has 6 rings (SSSR count). The van der Waals surface area contributed by atoms with E-state index in [9.17, 15) is 26.3 Å². The molecule has 10 heteroatoms. The van der Waals surface area contributed by atoms with E-state index in [0.29, 0.717) is 36.5 Å². The zero-order chi connectivity index (χ0) is 29.6. The van der Waals surface area contributed by atoms with Gasteiger partial charge in [0.15, 0.2) is 47.5 Å². The highest BCUT2D eigenvalue weighted by molar-refractivity contribution is 5.24. The van der Waals surface area contributed by atoms with Gasteiger partial charge in [-0.2, -0.15) is 0 Å². The molecular weight excluding hydrogens is 562 g/mol. The maximum absolute atomic E-state index is 13.3. The Morgan fingerprint density at radius 2 is 0.976 bits per heavy atom. The summed E-state index contributed by atoms with van der Waals surface area (Å²) in [5.41, 5.74) is 0.740. The SMILES string of the molecule is Fc1cc(C2CCC(C3OCCCO3)CC2)cc(F)c1F.Fc1cc(C2OCC(C3CCCCC3)CO2)cc(F)c1F. The van der Waals surface area contributed by atoms with Crippen LogP contribution in [-0.4, -0.2) is 32.7 Å². The Morgan fingerprint density at radius 1 is 0.476 bits per heavy atom. The van der Waals surface area contributed by atoms with Gasteiger partial charge in [-0.05, 0) is 73.8 Å². The Kier molecular flexibility index (Phi) is 10.8. The van der Waals surface area contributed by atoms with Gasteiger partial charge >= 0.3 is 0 Å². The lowest BCUT2D eigenvalue weighted by molar-refractivity contribution is -0.214. The van der Waals surface area contributed by atoms with Crippen LogP contribution in [0.2, 0.25) is 0 Å². The van der Waals surface area contributed by atoms with Crippen LogP contribution in [0.4, 0.5) is 26.3 Å². The van der Waals surface area contributed by atoms with E-state index in [-0.39, 0.29) is 17.8 Å². The van der Waals surface area contributed by atoms with E-state index < -0.39 is 41.2 Å². The summed E-state index contributed by atoms with van der Waals surface area (Å²) in [4.78, 5) is 0. The summed E-state index contributed by atoms with van der Waals surface area (Å²) >= 11 is 0. The van der Waals surface area contributed by atoms with Gasteiger partial charge in [-0.25, -0.2) is 26.3 Å². The van der Waals surface area contributed by atoms with Crippen LogP contribution in [0.5, 0.6) is 0 Å². The average molecular weight is 601 g/mol. The number of benzene rings is 2. The first-order valence-corrected chi connectivity index (χ1v) is 15.1. The predicted octanol–water partition coefficient (Wildman–Crippen LogP) is 8.49. The first kappa shape index (κ1) is 31.3. The number of rotatable bonds is 4. The number of halogens is 6. The number of ether oxygens (including phenoxy) is 4. The van der Waals surface area contributed by atoms with Gasteiger partial charge in [0, 0.05) is 17.4 Å². The van der Waals surface area contributed by atoms with E-state index in [0.717, 1.165) is 69.6 Å². The molecule has 42 heavy (non-hydrogen) atoms. The van der Waals surface area contributed by atoms with Crippen LogP contribution >= 0.6 is 0 Å². The Bertz CT molecular complexity index is 1030. The van der Waals surface area contributed by atoms with E-state index in [1.807, 2.05) is 0 Å². The second-order valence-electron chi connectivity index (χ2n) is 11.8. The molecule has 0 bridgehead atoms. The van der Waals surface area contributed by atoms with Crippen molar-refractivity contribution in [2.75, 3.05) is 26.4 Å². The van der Waals surface area contributed by atoms with Crippen LogP contribution in [0.25, 0.3) is 0 Å². The van der Waals surface area contributed by atoms with Crippen molar-refractivity contribution >= 4 is 0 Å². The molecule has 2 aromatic rings. The van der Waals surface area contributed by atoms with Crippen molar-refractivity contribution in [1.82, 2.24) is 0 Å². The number of hydrogen-bond acceptors (Lipinski definition) is 4. The van der Waals surface area contributed by atoms with Crippen LogP contribution in [0.15, 0.2) is 24.3 Å². The Balaban J connectivity index is 0.000000168. The first-order valence-electron chi connectivity index (χ1n) is 15.1. The topological polar surface area (TPSA) is 36.9 Å². The molecule has 2 heterocycles. The molecule has 2 saturated carbocycles. The minimum atomic E-state index is -1.46. The van der Waals surface area contributed by atoms with E-state index in [1.54, 1.807) is 0 Å². The first-order chi connectivity index (χ1) is 20.3. The van der Waals surface area contributed by atoms with E-state index in [4.69, 9.17) is 18.9 Å². The van der Waals surface area contributed by atoms with Gasteiger partial charge in [0.05, 0.1) is 26.4 Å². The quantitative estimate of drug-likeness (QED) is 0.261. The largest absolute Gasteiger partial charge is 0.352 e. The summed E-state index contributed by atoms with van der Waals surface area (Å²) in [5.74, 6) is -6.12. The summed E-state index contributed by atoms with van der Waals surface area (Å²) in [7, 11) is 0. The van der Waals surface area contributed by atoms with Gasteiger partial charge in [-0.1, -0.05) is 32.1 Å². The monoisotopic (exact) mass is 600 g/mol. The van der Waals surface area contributed by atoms with Crippen LogP contribution in [0, 0.1) is 52.7 Å². The fraction of sp³-hybridized carbons (Fsp3) is 0.625. The van der Waals surface area contributed by atoms with Gasteiger partial charge in [-0.15, -0.1) is 0 Å². The van der Waals surface area contributed by atoms with Crippen LogP contribution in [0.1, 0.15) is 87.5 Å². The van der Waals surface area contributed by atoms with E-state index in [2.05, 4.69) is 0 Å². The Labute approximate surface area is 242 Å². The lowest BCUT2D eigenvalue weighted by atomic mass is 9.78. The van der Waals surface area contributed by atoms with E-state index >= 15 is 0 Å². The third kappa shape index (κ3) is 7.68. The van der Waals surface area contributed by atoms with Crippen LogP contribution in [0.3, 0.4) is 0 Å². The van der Waals surface area contributed by atoms with Crippen molar-refractivity contribution in [2.24, 2.45) is 17.8 Å². The Morgan fingerprint density at radius 3 is 1.50 bits per heavy atom. The van der Waals surface area contributed by atoms with E-state index in [1.165, 1.54) is 32.1 Å². The molecule has 232 valence electrons. The smallest absolute Gasteiger partial charge is 0.194 e. The molecule has 2 aromatic carbocycles. The van der Waals surface area contributed by atoms with Crippen molar-refractivity contribution in [3.63, 3.8) is 0 Å². The second-order valence-corrected chi connectivity index (χ2v) is 11.8. The summed E-state index contributed by atoms with van der Waals surface area (Å²) < 4.78 is 101. The van der Waals surface area contributed by atoms with Crippen molar-refractivity contribution < 1.29 is 45.3 Å². The highest BCUT2D eigenvalue weighted by atomic mass is 19.2. The zero-order valence-corrected chi connectivity index (χ0v) is 23.6. The third-order valence-corrected chi connectivity index (χ3v) is 9.01. The maximum Gasteiger partial charge on any atom is 0.194 e. The van der Waals surface area contributed by atoms with Crippen LogP contribution < -0.4 is 0 Å². The van der Waals surface area contributed by atoms with Crippen LogP contribution in [-0.2, 0) is 18.9 Å². The molecule has 2 aliphatic carbocycles. The highest BCUT2D eigenvalue weighted by Crippen LogP contribution is 2.39. The molecule has 0 N–H and O–H groups in total. The van der Waals surface area contributed by atoms with Gasteiger partial charge in [-0.3, -0.25) is 0 Å². The molecule has 0 amide bonds. The Hall–Kier alpha value is -2.14. The predicted molar refractivity (Wildman–Crippen MR) is 142 cm³/mol. The molecule has 2 saturated heterocycles. The fourth-order valence-electron chi connectivity index (χ4n) is 6.61. The molecule has 0 spiro atoms. The molecular formula is C32H38F6O4. The maximum atomic E-state index is 13.3. The molecule has 2 aliphatic heterocycles. The summed E-state index contributed by atoms with van der Waals surface area (Å²) in [6, 6.07) is 4.11. The molecule has 0 radical (unpaired) electrons. The lowest BCUT2D eigenvalue weighted by Crippen LogP contribution is -2.34. The zero-order valence-electron chi connectivity index (χ0n) is 23.6. The molecule has 4 fully saturated rings. The minimum absolute atomic E-state index is 0.0782. The van der Waals surface area contributed by atoms with Gasteiger partial charge < -0.3 is 18.9 Å². The van der Waals surface area contributed by atoms with Crippen molar-refractivity contribution in [3.05, 3.63) is 70.3 Å². The fourth-order valence-corrected chi connectivity index (χ4v) is 6.61. The second kappa shape index (κ2) is 14.6. The standard InChI is InChI=1S/2C16H19F3O2/c17-13-8-12(9-14(18)15(13)19)10-2-4-11(5-3-10)16-20-6-1-7-21-16;17-13-6-11(7-14(18)15(13)19)16-20-8-12(9-21-16)10-4-2-1-3-5-10/h8-11,16H,1-7H2;6-7,10,12,16H,1-5,8-9H2. The molecule has 0 unspecified atom stereocenters. The summed E-state index contributed by atoms with van der Waals surface area (Å²) in [6.07, 6.45) is 9.60. The molecule has 4 nitrogen and oxygen atoms in total. The molecule has 4 aliphatic rings. The summed E-state index contributed by atoms with van der Waals surface area (Å²) in [6.45, 7) is 2.52. The summed E-state index contributed by atoms with van der Waals surface area (Å²) in [5, 5.41) is 0. The van der Waals surface area contributed by atoms with Gasteiger partial charge in [0.2, 0.25) is 0 Å². The molecule has 0 aromatic heterocycles. The van der Waals surface area contributed by atoms with Gasteiger partial charge in [0.25, 0.3) is 0 Å². The highest BCUT2D eigenvalue weighted by Gasteiger charge is 2.32. The molecule has 0 atom stereocenters.